The first kappa shape index (κ1) is 23.2. The van der Waals surface area contributed by atoms with Crippen molar-refractivity contribution in [1.82, 2.24) is 9.21 Å². The lowest BCUT2D eigenvalue weighted by molar-refractivity contribution is -0.130. The molecule has 9 nitrogen and oxygen atoms in total. The first-order valence-electron chi connectivity index (χ1n) is 11.0. The predicted molar refractivity (Wildman–Crippen MR) is 123 cm³/mol. The van der Waals surface area contributed by atoms with Crippen LogP contribution < -0.4 is 5.73 Å². The number of hydrogen-bond donors (Lipinski definition) is 2. The summed E-state index contributed by atoms with van der Waals surface area (Å²) in [5.41, 5.74) is 5.41. The zero-order chi connectivity index (χ0) is 23.8. The van der Waals surface area contributed by atoms with E-state index in [-0.39, 0.29) is 35.6 Å². The highest BCUT2D eigenvalue weighted by atomic mass is 32.2. The Labute approximate surface area is 193 Å². The lowest BCUT2D eigenvalue weighted by atomic mass is 9.88. The van der Waals surface area contributed by atoms with Gasteiger partial charge in [0.25, 0.3) is 0 Å². The standard InChI is InChI=1S/C23H28N4O5S/c1-32-23(29)27-20-14-26(13-19(20)18(22(27)28)8-4-5-9-21(24)25)33(30,31)17-11-10-15-6-2-3-7-16(15)12-17/h2-3,6-7,10-12,18-20H,4-5,8-9,13-14H2,1H3,(H3,24,25)/t18?,19-,20+/m0/s1. The number of methoxy groups -OCH3 is 1. The second-order valence-electron chi connectivity index (χ2n) is 8.62. The van der Waals surface area contributed by atoms with Gasteiger partial charge in [-0.15, -0.1) is 0 Å². The van der Waals surface area contributed by atoms with Gasteiger partial charge in [0.1, 0.15) is 0 Å². The molecule has 0 radical (unpaired) electrons. The molecule has 176 valence electrons. The fourth-order valence-corrected chi connectivity index (χ4v) is 6.51. The number of carbonyl (C=O) groups excluding carboxylic acids is 2. The van der Waals surface area contributed by atoms with Gasteiger partial charge < -0.3 is 10.5 Å². The number of rotatable bonds is 7. The second-order valence-corrected chi connectivity index (χ2v) is 10.6. The number of fused-ring (bicyclic) bond motifs is 2. The van der Waals surface area contributed by atoms with Gasteiger partial charge in [0.05, 0.1) is 23.9 Å². The van der Waals surface area contributed by atoms with Gasteiger partial charge in [-0.05, 0) is 35.7 Å². The summed E-state index contributed by atoms with van der Waals surface area (Å²) >= 11 is 0. The molecular weight excluding hydrogens is 444 g/mol. The van der Waals surface area contributed by atoms with Gasteiger partial charge in [-0.3, -0.25) is 10.2 Å². The summed E-state index contributed by atoms with van der Waals surface area (Å²) in [4.78, 5) is 26.7. The number of carbonyl (C=O) groups is 2. The zero-order valence-corrected chi connectivity index (χ0v) is 19.3. The summed E-state index contributed by atoms with van der Waals surface area (Å²) in [7, 11) is -2.60. The highest BCUT2D eigenvalue weighted by Crippen LogP contribution is 2.41. The van der Waals surface area contributed by atoms with Crippen LogP contribution in [0.5, 0.6) is 0 Å². The molecule has 0 spiro atoms. The van der Waals surface area contributed by atoms with Crippen LogP contribution in [0.2, 0.25) is 0 Å². The molecule has 3 atom stereocenters. The predicted octanol–water partition coefficient (Wildman–Crippen LogP) is 2.55. The highest BCUT2D eigenvalue weighted by Gasteiger charge is 2.56. The first-order chi connectivity index (χ1) is 15.7. The van der Waals surface area contributed by atoms with Crippen molar-refractivity contribution in [3.05, 3.63) is 42.5 Å². The number of sulfonamides is 1. The van der Waals surface area contributed by atoms with Crippen molar-refractivity contribution < 1.29 is 22.7 Å². The normalized spacial score (nSPS) is 23.1. The molecule has 2 aromatic rings. The number of amides is 2. The van der Waals surface area contributed by atoms with Crippen LogP contribution in [0.3, 0.4) is 0 Å². The molecule has 0 bridgehead atoms. The summed E-state index contributed by atoms with van der Waals surface area (Å²) in [5.74, 6) is -1.00. The van der Waals surface area contributed by atoms with Crippen molar-refractivity contribution in [3.8, 4) is 0 Å². The molecule has 2 amide bonds. The molecule has 2 aromatic carbocycles. The third-order valence-corrected chi connectivity index (χ3v) is 8.47. The third-order valence-electron chi connectivity index (χ3n) is 6.64. The van der Waals surface area contributed by atoms with Crippen molar-refractivity contribution in [2.75, 3.05) is 20.2 Å². The average Bonchev–Trinajstić information content (AvgIpc) is 3.33. The van der Waals surface area contributed by atoms with E-state index in [0.29, 0.717) is 25.7 Å². The molecule has 10 heteroatoms. The zero-order valence-electron chi connectivity index (χ0n) is 18.4. The van der Waals surface area contributed by atoms with Crippen molar-refractivity contribution in [3.63, 3.8) is 0 Å². The molecule has 1 unspecified atom stereocenters. The van der Waals surface area contributed by atoms with Crippen LogP contribution in [-0.2, 0) is 19.6 Å². The number of amidine groups is 1. The molecule has 4 rings (SSSR count). The van der Waals surface area contributed by atoms with E-state index in [9.17, 15) is 18.0 Å². The number of nitrogens with zero attached hydrogens (tertiary/aromatic N) is 2. The van der Waals surface area contributed by atoms with Crippen LogP contribution in [0.15, 0.2) is 47.4 Å². The minimum absolute atomic E-state index is 0.0462. The smallest absolute Gasteiger partial charge is 0.416 e. The number of hydrogen-bond acceptors (Lipinski definition) is 6. The van der Waals surface area contributed by atoms with E-state index in [2.05, 4.69) is 0 Å². The molecule has 0 saturated carbocycles. The van der Waals surface area contributed by atoms with Crippen molar-refractivity contribution in [2.45, 2.75) is 36.6 Å². The minimum Gasteiger partial charge on any atom is -0.452 e. The van der Waals surface area contributed by atoms with E-state index in [1.165, 1.54) is 11.4 Å². The van der Waals surface area contributed by atoms with Gasteiger partial charge in [0.2, 0.25) is 15.9 Å². The molecule has 2 fully saturated rings. The summed E-state index contributed by atoms with van der Waals surface area (Å²) in [6, 6.07) is 12.0. The van der Waals surface area contributed by atoms with Gasteiger partial charge >= 0.3 is 6.09 Å². The van der Waals surface area contributed by atoms with Gasteiger partial charge in [0.15, 0.2) is 0 Å². The molecule has 3 N–H and O–H groups in total. The number of imide groups is 1. The van der Waals surface area contributed by atoms with E-state index < -0.39 is 28.1 Å². The fourth-order valence-electron chi connectivity index (χ4n) is 4.98. The number of likely N-dealkylation sites (tertiary alicyclic amines) is 1. The second kappa shape index (κ2) is 9.11. The quantitative estimate of drug-likeness (QED) is 0.361. The van der Waals surface area contributed by atoms with Crippen LogP contribution >= 0.6 is 0 Å². The first-order valence-corrected chi connectivity index (χ1v) is 12.4. The van der Waals surface area contributed by atoms with Crippen LogP contribution in [0, 0.1) is 17.2 Å². The Hall–Kier alpha value is -2.98. The Balaban J connectivity index is 1.58. The maximum absolute atomic E-state index is 13.4. The summed E-state index contributed by atoms with van der Waals surface area (Å²) < 4.78 is 33.1. The number of unbranched alkanes of at least 4 members (excludes halogenated alkanes) is 1. The molecular formula is C23H28N4O5S. The van der Waals surface area contributed by atoms with Gasteiger partial charge in [0, 0.05) is 31.3 Å². The van der Waals surface area contributed by atoms with Crippen LogP contribution in [-0.4, -0.2) is 61.7 Å². The van der Waals surface area contributed by atoms with Crippen LogP contribution in [0.4, 0.5) is 4.79 Å². The number of nitrogens with one attached hydrogen (secondary N) is 1. The molecule has 2 aliphatic rings. The Morgan fingerprint density at radius 3 is 2.58 bits per heavy atom. The van der Waals surface area contributed by atoms with E-state index in [4.69, 9.17) is 15.9 Å². The maximum Gasteiger partial charge on any atom is 0.416 e. The average molecular weight is 473 g/mol. The topological polar surface area (TPSA) is 134 Å². The van der Waals surface area contributed by atoms with Gasteiger partial charge in [-0.1, -0.05) is 36.8 Å². The summed E-state index contributed by atoms with van der Waals surface area (Å²) in [6.45, 7) is 0.209. The molecule has 33 heavy (non-hydrogen) atoms. The van der Waals surface area contributed by atoms with E-state index in [1.54, 1.807) is 18.2 Å². The minimum atomic E-state index is -3.81. The lowest BCUT2D eigenvalue weighted by Gasteiger charge is -2.23. The molecule has 2 aliphatic heterocycles. The molecule has 2 heterocycles. The van der Waals surface area contributed by atoms with E-state index in [0.717, 1.165) is 15.7 Å². The van der Waals surface area contributed by atoms with Gasteiger partial charge in [-0.2, -0.15) is 4.31 Å². The Kier molecular flexibility index (Phi) is 6.40. The number of nitrogens with two attached hydrogens (primary N) is 1. The SMILES string of the molecule is COC(=O)N1C(=O)C(CCCCC(=N)N)[C@@H]2CN(S(=O)(=O)c3ccc4ccccc4c3)C[C@H]21. The van der Waals surface area contributed by atoms with Crippen LogP contribution in [0.25, 0.3) is 10.8 Å². The fraction of sp³-hybridized carbons (Fsp3) is 0.435. The number of ether oxygens (including phenoxy) is 1. The third kappa shape index (κ3) is 4.32. The largest absolute Gasteiger partial charge is 0.452 e. The Bertz CT molecular complexity index is 1200. The van der Waals surface area contributed by atoms with E-state index >= 15 is 0 Å². The molecule has 0 aromatic heterocycles. The van der Waals surface area contributed by atoms with Crippen molar-refractivity contribution in [1.29, 1.82) is 5.41 Å². The van der Waals surface area contributed by atoms with E-state index in [1.807, 2.05) is 24.3 Å². The monoisotopic (exact) mass is 472 g/mol. The summed E-state index contributed by atoms with van der Waals surface area (Å²) in [6.07, 6.45) is 1.51. The maximum atomic E-state index is 13.4. The van der Waals surface area contributed by atoms with Crippen molar-refractivity contribution in [2.24, 2.45) is 17.6 Å². The summed E-state index contributed by atoms with van der Waals surface area (Å²) in [5, 5.41) is 9.12. The highest BCUT2D eigenvalue weighted by molar-refractivity contribution is 7.89. The Morgan fingerprint density at radius 1 is 1.15 bits per heavy atom. The van der Waals surface area contributed by atoms with Crippen molar-refractivity contribution >= 4 is 38.6 Å². The van der Waals surface area contributed by atoms with Gasteiger partial charge in [-0.25, -0.2) is 18.1 Å². The molecule has 2 saturated heterocycles. The Morgan fingerprint density at radius 2 is 1.88 bits per heavy atom. The molecule has 0 aliphatic carbocycles. The lowest BCUT2D eigenvalue weighted by Crippen LogP contribution is -2.43. The number of benzene rings is 2. The van der Waals surface area contributed by atoms with Crippen LogP contribution in [0.1, 0.15) is 25.7 Å².